The number of hydrogen-bond acceptors (Lipinski definition) is 4. The molecule has 0 spiro atoms. The van der Waals surface area contributed by atoms with Crippen molar-refractivity contribution in [3.05, 3.63) is 47.7 Å². The van der Waals surface area contributed by atoms with E-state index in [9.17, 15) is 4.79 Å². The Labute approximate surface area is 105 Å². The van der Waals surface area contributed by atoms with Gasteiger partial charge in [0.2, 0.25) is 0 Å². The molecule has 1 aromatic heterocycles. The zero-order chi connectivity index (χ0) is 13.1. The van der Waals surface area contributed by atoms with Crippen LogP contribution in [-0.4, -0.2) is 18.1 Å². The zero-order valence-electron chi connectivity index (χ0n) is 10.3. The van der Waals surface area contributed by atoms with Crippen LogP contribution in [0.2, 0.25) is 0 Å². The van der Waals surface area contributed by atoms with Gasteiger partial charge in [-0.05, 0) is 18.6 Å². The third-order valence-corrected chi connectivity index (χ3v) is 2.66. The Kier molecular flexibility index (Phi) is 3.28. The highest BCUT2D eigenvalue weighted by atomic mass is 16.5. The summed E-state index contributed by atoms with van der Waals surface area (Å²) in [7, 11) is 1.35. The Hall–Kier alpha value is -2.36. The molecular formula is C14H14N2O2. The average Bonchev–Trinajstić information content (AvgIpc) is 2.37. The molecule has 0 atom stereocenters. The van der Waals surface area contributed by atoms with E-state index in [2.05, 4.69) is 4.98 Å². The van der Waals surface area contributed by atoms with Crippen LogP contribution in [0.25, 0.3) is 11.1 Å². The van der Waals surface area contributed by atoms with Gasteiger partial charge in [0.25, 0.3) is 0 Å². The molecule has 4 nitrogen and oxygen atoms in total. The van der Waals surface area contributed by atoms with Crippen LogP contribution in [0.1, 0.15) is 15.9 Å². The van der Waals surface area contributed by atoms with Gasteiger partial charge in [-0.1, -0.05) is 29.8 Å². The van der Waals surface area contributed by atoms with E-state index < -0.39 is 5.97 Å². The molecule has 0 radical (unpaired) electrons. The molecule has 0 aliphatic carbocycles. The van der Waals surface area contributed by atoms with Crippen molar-refractivity contribution in [1.29, 1.82) is 0 Å². The third kappa shape index (κ3) is 2.32. The van der Waals surface area contributed by atoms with Gasteiger partial charge < -0.3 is 10.5 Å². The van der Waals surface area contributed by atoms with Crippen LogP contribution in [0.3, 0.4) is 0 Å². The summed E-state index contributed by atoms with van der Waals surface area (Å²) >= 11 is 0. The van der Waals surface area contributed by atoms with Crippen LogP contribution in [0, 0.1) is 6.92 Å². The number of hydrogen-bond donors (Lipinski definition) is 1. The summed E-state index contributed by atoms with van der Waals surface area (Å²) in [5.41, 5.74) is 8.79. The van der Waals surface area contributed by atoms with Crippen LogP contribution < -0.4 is 5.73 Å². The Morgan fingerprint density at radius 3 is 2.78 bits per heavy atom. The quantitative estimate of drug-likeness (QED) is 0.821. The molecule has 0 saturated carbocycles. The van der Waals surface area contributed by atoms with Crippen molar-refractivity contribution in [1.82, 2.24) is 4.98 Å². The molecule has 1 heterocycles. The summed E-state index contributed by atoms with van der Waals surface area (Å²) in [5, 5.41) is 0. The summed E-state index contributed by atoms with van der Waals surface area (Å²) < 4.78 is 4.76. The fourth-order valence-electron chi connectivity index (χ4n) is 1.79. The molecule has 0 fully saturated rings. The van der Waals surface area contributed by atoms with Crippen LogP contribution in [0.15, 0.2) is 36.5 Å². The third-order valence-electron chi connectivity index (χ3n) is 2.66. The van der Waals surface area contributed by atoms with Gasteiger partial charge in [-0.3, -0.25) is 0 Å². The summed E-state index contributed by atoms with van der Waals surface area (Å²) in [6.45, 7) is 1.99. The SMILES string of the molecule is COC(=O)c1cc(N)ncc1-c1cccc(C)c1. The molecule has 2 aromatic rings. The summed E-state index contributed by atoms with van der Waals surface area (Å²) in [4.78, 5) is 15.8. The molecule has 2 N–H and O–H groups in total. The second-order valence-corrected chi connectivity index (χ2v) is 4.02. The van der Waals surface area contributed by atoms with Crippen molar-refractivity contribution in [2.45, 2.75) is 6.92 Å². The molecule has 18 heavy (non-hydrogen) atoms. The summed E-state index contributed by atoms with van der Waals surface area (Å²) in [5.74, 6) is -0.118. The van der Waals surface area contributed by atoms with Gasteiger partial charge >= 0.3 is 5.97 Å². The fourth-order valence-corrected chi connectivity index (χ4v) is 1.79. The average molecular weight is 242 g/mol. The van der Waals surface area contributed by atoms with Crippen molar-refractivity contribution in [2.75, 3.05) is 12.8 Å². The van der Waals surface area contributed by atoms with Gasteiger partial charge in [-0.15, -0.1) is 0 Å². The molecule has 0 saturated heterocycles. The monoisotopic (exact) mass is 242 g/mol. The number of anilines is 1. The lowest BCUT2D eigenvalue weighted by molar-refractivity contribution is 0.0601. The van der Waals surface area contributed by atoms with Crippen molar-refractivity contribution in [2.24, 2.45) is 0 Å². The number of pyridine rings is 1. The minimum atomic E-state index is -0.416. The number of nitrogen functional groups attached to an aromatic ring is 1. The second kappa shape index (κ2) is 4.87. The first kappa shape index (κ1) is 12.1. The maximum Gasteiger partial charge on any atom is 0.338 e. The van der Waals surface area contributed by atoms with Crippen LogP contribution in [-0.2, 0) is 4.74 Å². The first-order valence-corrected chi connectivity index (χ1v) is 5.52. The lowest BCUT2D eigenvalue weighted by atomic mass is 10.0. The van der Waals surface area contributed by atoms with E-state index in [0.29, 0.717) is 11.4 Å². The summed E-state index contributed by atoms with van der Waals surface area (Å²) in [6.07, 6.45) is 1.59. The van der Waals surface area contributed by atoms with Crippen LogP contribution in [0.5, 0.6) is 0 Å². The van der Waals surface area contributed by atoms with Crippen LogP contribution in [0.4, 0.5) is 5.82 Å². The Morgan fingerprint density at radius 2 is 2.11 bits per heavy atom. The van der Waals surface area contributed by atoms with Gasteiger partial charge in [0, 0.05) is 11.8 Å². The van der Waals surface area contributed by atoms with Gasteiger partial charge in [0.15, 0.2) is 0 Å². The second-order valence-electron chi connectivity index (χ2n) is 4.02. The fraction of sp³-hybridized carbons (Fsp3) is 0.143. The number of rotatable bonds is 2. The predicted octanol–water partition coefficient (Wildman–Crippen LogP) is 2.43. The molecule has 0 amide bonds. The minimum Gasteiger partial charge on any atom is -0.465 e. The molecule has 0 aliphatic rings. The number of nitrogens with two attached hydrogens (primary N) is 1. The summed E-state index contributed by atoms with van der Waals surface area (Å²) in [6, 6.07) is 9.36. The number of ether oxygens (including phenoxy) is 1. The largest absolute Gasteiger partial charge is 0.465 e. The van der Waals surface area contributed by atoms with E-state index in [1.807, 2.05) is 31.2 Å². The van der Waals surface area contributed by atoms with E-state index in [1.165, 1.54) is 13.2 Å². The highest BCUT2D eigenvalue weighted by Gasteiger charge is 2.14. The number of aromatic nitrogens is 1. The lowest BCUT2D eigenvalue weighted by Crippen LogP contribution is -2.06. The first-order valence-electron chi connectivity index (χ1n) is 5.52. The highest BCUT2D eigenvalue weighted by Crippen LogP contribution is 2.25. The molecule has 2 rings (SSSR count). The van der Waals surface area contributed by atoms with Gasteiger partial charge in [-0.2, -0.15) is 0 Å². The molecule has 0 bridgehead atoms. The standard InChI is InChI=1S/C14H14N2O2/c1-9-4-3-5-10(6-9)12-8-16-13(15)7-11(12)14(17)18-2/h3-8H,1-2H3,(H2,15,16). The number of carbonyl (C=O) groups excluding carboxylic acids is 1. The maximum atomic E-state index is 11.7. The van der Waals surface area contributed by atoms with Gasteiger partial charge in [-0.25, -0.2) is 9.78 Å². The number of esters is 1. The van der Waals surface area contributed by atoms with E-state index in [4.69, 9.17) is 10.5 Å². The smallest absolute Gasteiger partial charge is 0.338 e. The number of aryl methyl sites for hydroxylation is 1. The van der Waals surface area contributed by atoms with E-state index in [-0.39, 0.29) is 0 Å². The van der Waals surface area contributed by atoms with E-state index in [1.54, 1.807) is 6.20 Å². The highest BCUT2D eigenvalue weighted by molar-refractivity contribution is 5.97. The van der Waals surface area contributed by atoms with Crippen LogP contribution >= 0.6 is 0 Å². The zero-order valence-corrected chi connectivity index (χ0v) is 10.3. The Bertz CT molecular complexity index is 594. The van der Waals surface area contributed by atoms with Crippen molar-refractivity contribution in [3.8, 4) is 11.1 Å². The first-order chi connectivity index (χ1) is 8.61. The topological polar surface area (TPSA) is 65.2 Å². The van der Waals surface area contributed by atoms with Crippen molar-refractivity contribution in [3.63, 3.8) is 0 Å². The molecule has 92 valence electrons. The number of benzene rings is 1. The maximum absolute atomic E-state index is 11.7. The lowest BCUT2D eigenvalue weighted by Gasteiger charge is -2.09. The molecular weight excluding hydrogens is 228 g/mol. The van der Waals surface area contributed by atoms with Crippen molar-refractivity contribution < 1.29 is 9.53 Å². The Balaban J connectivity index is 2.60. The minimum absolute atomic E-state index is 0.298. The molecule has 4 heteroatoms. The van der Waals surface area contributed by atoms with E-state index in [0.717, 1.165) is 16.7 Å². The predicted molar refractivity (Wildman–Crippen MR) is 70.2 cm³/mol. The number of nitrogens with zero attached hydrogens (tertiary/aromatic N) is 1. The van der Waals surface area contributed by atoms with Gasteiger partial charge in [0.1, 0.15) is 5.82 Å². The molecule has 0 aliphatic heterocycles. The normalized spacial score (nSPS) is 10.1. The number of carbonyl (C=O) groups is 1. The molecule has 0 unspecified atom stereocenters. The number of methoxy groups -OCH3 is 1. The molecule has 1 aromatic carbocycles. The van der Waals surface area contributed by atoms with Crippen molar-refractivity contribution >= 4 is 11.8 Å². The van der Waals surface area contributed by atoms with E-state index >= 15 is 0 Å². The van der Waals surface area contributed by atoms with Gasteiger partial charge in [0.05, 0.1) is 12.7 Å². The Morgan fingerprint density at radius 1 is 1.33 bits per heavy atom.